The molecule has 7 heteroatoms. The number of aliphatic imine (C=N–C) groups is 1. The van der Waals surface area contributed by atoms with Crippen LogP contribution in [0.25, 0.3) is 0 Å². The van der Waals surface area contributed by atoms with Crippen LogP contribution < -0.4 is 10.6 Å². The first-order chi connectivity index (χ1) is 12.8. The number of hydrogen-bond donors (Lipinski definition) is 2. The molecule has 1 aromatic rings. The quantitative estimate of drug-likeness (QED) is 0.339. The third-order valence-electron chi connectivity index (χ3n) is 5.74. The predicted octanol–water partition coefficient (Wildman–Crippen LogP) is 3.40. The van der Waals surface area contributed by atoms with Crippen LogP contribution in [-0.4, -0.2) is 68.6 Å². The summed E-state index contributed by atoms with van der Waals surface area (Å²) in [6.07, 6.45) is 5.32. The molecule has 3 heterocycles. The second-order valence-corrected chi connectivity index (χ2v) is 8.66. The molecule has 2 N–H and O–H groups in total. The van der Waals surface area contributed by atoms with Crippen LogP contribution in [0.3, 0.4) is 0 Å². The van der Waals surface area contributed by atoms with Crippen LogP contribution in [0.4, 0.5) is 0 Å². The van der Waals surface area contributed by atoms with Crippen molar-refractivity contribution in [2.24, 2.45) is 10.9 Å². The molecule has 0 aliphatic carbocycles. The lowest BCUT2D eigenvalue weighted by Crippen LogP contribution is -2.45. The van der Waals surface area contributed by atoms with E-state index in [1.165, 1.54) is 56.7 Å². The largest absolute Gasteiger partial charge is 0.355 e. The third-order valence-corrected chi connectivity index (χ3v) is 6.71. The highest BCUT2D eigenvalue weighted by Crippen LogP contribution is 2.27. The van der Waals surface area contributed by atoms with Crippen LogP contribution in [0.2, 0.25) is 0 Å². The van der Waals surface area contributed by atoms with Gasteiger partial charge in [-0.2, -0.15) is 0 Å². The molecule has 2 fully saturated rings. The Balaban J connectivity index is 0.00000261. The normalized spacial score (nSPS) is 21.0. The van der Waals surface area contributed by atoms with Gasteiger partial charge >= 0.3 is 0 Å². The molecule has 2 saturated heterocycles. The summed E-state index contributed by atoms with van der Waals surface area (Å²) >= 11 is 1.87. The average Bonchev–Trinajstić information content (AvgIpc) is 3.36. The fourth-order valence-electron chi connectivity index (χ4n) is 3.98. The van der Waals surface area contributed by atoms with E-state index in [4.69, 9.17) is 0 Å². The van der Waals surface area contributed by atoms with Crippen molar-refractivity contribution in [3.05, 3.63) is 22.4 Å². The lowest BCUT2D eigenvalue weighted by Gasteiger charge is -2.30. The molecule has 0 radical (unpaired) electrons. The van der Waals surface area contributed by atoms with Gasteiger partial charge in [0.1, 0.15) is 0 Å². The number of hydrogen-bond acceptors (Lipinski definition) is 4. The van der Waals surface area contributed by atoms with E-state index in [9.17, 15) is 0 Å². The number of nitrogens with one attached hydrogen (secondary N) is 2. The summed E-state index contributed by atoms with van der Waals surface area (Å²) < 4.78 is 0. The Kier molecular flexibility index (Phi) is 10.4. The fraction of sp³-hybridized carbons (Fsp3) is 0.750. The second-order valence-electron chi connectivity index (χ2n) is 7.68. The monoisotopic (exact) mass is 505 g/mol. The minimum absolute atomic E-state index is 0. The first-order valence-electron chi connectivity index (χ1n) is 10.2. The SMILES string of the molecule is CN=C(NCCN1CCC(C)CC1)NCC(c1cccs1)N1CCCC1.I. The smallest absolute Gasteiger partial charge is 0.191 e. The first-order valence-corrected chi connectivity index (χ1v) is 11.1. The molecule has 154 valence electrons. The molecule has 0 amide bonds. The van der Waals surface area contributed by atoms with Crippen molar-refractivity contribution in [1.82, 2.24) is 20.4 Å². The van der Waals surface area contributed by atoms with Crippen LogP contribution in [0.5, 0.6) is 0 Å². The maximum atomic E-state index is 4.42. The van der Waals surface area contributed by atoms with Crippen molar-refractivity contribution in [1.29, 1.82) is 0 Å². The molecule has 2 aliphatic rings. The van der Waals surface area contributed by atoms with Gasteiger partial charge in [-0.1, -0.05) is 13.0 Å². The summed E-state index contributed by atoms with van der Waals surface area (Å²) in [7, 11) is 1.87. The number of piperidine rings is 1. The first kappa shape index (κ1) is 22.9. The summed E-state index contributed by atoms with van der Waals surface area (Å²) in [5, 5.41) is 9.25. The lowest BCUT2D eigenvalue weighted by molar-refractivity contribution is 0.195. The molecule has 0 aromatic carbocycles. The highest BCUT2D eigenvalue weighted by Gasteiger charge is 2.24. The molecule has 1 aromatic heterocycles. The zero-order valence-corrected chi connectivity index (χ0v) is 20.0. The van der Waals surface area contributed by atoms with Crippen molar-refractivity contribution >= 4 is 41.3 Å². The van der Waals surface area contributed by atoms with E-state index in [1.807, 2.05) is 18.4 Å². The molecule has 0 bridgehead atoms. The number of halogens is 1. The molecule has 0 spiro atoms. The highest BCUT2D eigenvalue weighted by molar-refractivity contribution is 14.0. The van der Waals surface area contributed by atoms with Gasteiger partial charge in [-0.15, -0.1) is 35.3 Å². The van der Waals surface area contributed by atoms with Crippen molar-refractivity contribution in [2.45, 2.75) is 38.6 Å². The van der Waals surface area contributed by atoms with Gasteiger partial charge in [-0.05, 0) is 69.2 Å². The molecular weight excluding hydrogens is 469 g/mol. The standard InChI is InChI=1S/C20H35N5S.HI/c1-17-7-12-24(13-8-17)14-9-22-20(21-2)23-16-18(19-6-5-15-26-19)25-10-3-4-11-25;/h5-6,15,17-18H,3-4,7-14,16H2,1-2H3,(H2,21,22,23);1H. The maximum Gasteiger partial charge on any atom is 0.191 e. The maximum absolute atomic E-state index is 4.42. The van der Waals surface area contributed by atoms with E-state index in [0.29, 0.717) is 6.04 Å². The van der Waals surface area contributed by atoms with Gasteiger partial charge in [0.25, 0.3) is 0 Å². The van der Waals surface area contributed by atoms with Crippen LogP contribution in [0.15, 0.2) is 22.5 Å². The van der Waals surface area contributed by atoms with Crippen LogP contribution in [-0.2, 0) is 0 Å². The summed E-state index contributed by atoms with van der Waals surface area (Å²) in [6, 6.07) is 4.89. The zero-order valence-electron chi connectivity index (χ0n) is 16.8. The van der Waals surface area contributed by atoms with Crippen LogP contribution in [0.1, 0.15) is 43.5 Å². The molecule has 3 rings (SSSR count). The summed E-state index contributed by atoms with van der Waals surface area (Å²) in [5.74, 6) is 1.82. The van der Waals surface area contributed by atoms with E-state index >= 15 is 0 Å². The molecule has 1 unspecified atom stereocenters. The van der Waals surface area contributed by atoms with Gasteiger partial charge in [0, 0.05) is 31.6 Å². The lowest BCUT2D eigenvalue weighted by atomic mass is 9.99. The fourth-order valence-corrected chi connectivity index (χ4v) is 4.84. The van der Waals surface area contributed by atoms with E-state index in [-0.39, 0.29) is 24.0 Å². The Labute approximate surface area is 186 Å². The van der Waals surface area contributed by atoms with Gasteiger partial charge < -0.3 is 15.5 Å². The average molecular weight is 506 g/mol. The Morgan fingerprint density at radius 3 is 2.59 bits per heavy atom. The van der Waals surface area contributed by atoms with E-state index < -0.39 is 0 Å². The van der Waals surface area contributed by atoms with E-state index in [0.717, 1.165) is 31.5 Å². The Morgan fingerprint density at radius 1 is 1.22 bits per heavy atom. The van der Waals surface area contributed by atoms with Gasteiger partial charge in [0.15, 0.2) is 5.96 Å². The second kappa shape index (κ2) is 12.2. The Bertz CT molecular complexity index is 537. The Morgan fingerprint density at radius 2 is 1.96 bits per heavy atom. The van der Waals surface area contributed by atoms with Crippen molar-refractivity contribution in [3.8, 4) is 0 Å². The van der Waals surface area contributed by atoms with Gasteiger partial charge in [-0.3, -0.25) is 9.89 Å². The summed E-state index contributed by atoms with van der Waals surface area (Å²) in [5.41, 5.74) is 0. The van der Waals surface area contributed by atoms with Crippen molar-refractivity contribution in [2.75, 3.05) is 52.9 Å². The molecular formula is C20H36IN5S. The zero-order chi connectivity index (χ0) is 18.2. The van der Waals surface area contributed by atoms with Gasteiger partial charge in [-0.25, -0.2) is 0 Å². The van der Waals surface area contributed by atoms with Gasteiger partial charge in [0.2, 0.25) is 0 Å². The highest BCUT2D eigenvalue weighted by atomic mass is 127. The minimum atomic E-state index is 0. The molecule has 27 heavy (non-hydrogen) atoms. The molecule has 2 aliphatic heterocycles. The van der Waals surface area contributed by atoms with Crippen molar-refractivity contribution < 1.29 is 0 Å². The van der Waals surface area contributed by atoms with E-state index in [1.54, 1.807) is 0 Å². The summed E-state index contributed by atoms with van der Waals surface area (Å²) in [4.78, 5) is 11.1. The number of rotatable bonds is 7. The minimum Gasteiger partial charge on any atom is -0.355 e. The predicted molar refractivity (Wildman–Crippen MR) is 127 cm³/mol. The van der Waals surface area contributed by atoms with Crippen LogP contribution >= 0.6 is 35.3 Å². The number of thiophene rings is 1. The number of nitrogens with zero attached hydrogens (tertiary/aromatic N) is 3. The molecule has 1 atom stereocenters. The Hall–Kier alpha value is -0.380. The summed E-state index contributed by atoms with van der Waals surface area (Å²) in [6.45, 7) is 10.3. The van der Waals surface area contributed by atoms with Crippen molar-refractivity contribution in [3.63, 3.8) is 0 Å². The topological polar surface area (TPSA) is 42.9 Å². The van der Waals surface area contributed by atoms with Crippen LogP contribution in [0, 0.1) is 5.92 Å². The number of likely N-dealkylation sites (tertiary alicyclic amines) is 2. The molecule has 0 saturated carbocycles. The van der Waals surface area contributed by atoms with E-state index in [2.05, 4.69) is 49.9 Å². The van der Waals surface area contributed by atoms with Gasteiger partial charge in [0.05, 0.1) is 6.04 Å². The number of guanidine groups is 1. The molecule has 5 nitrogen and oxygen atoms in total. The third kappa shape index (κ3) is 7.18.